The summed E-state index contributed by atoms with van der Waals surface area (Å²) in [5.74, 6) is -1.23. The molecule has 0 aliphatic carbocycles. The van der Waals surface area contributed by atoms with E-state index in [-0.39, 0.29) is 13.2 Å². The molecule has 0 atom stereocenters. The summed E-state index contributed by atoms with van der Waals surface area (Å²) in [4.78, 5) is 25.7. The maximum atomic E-state index is 12.6. The molecule has 0 unspecified atom stereocenters. The van der Waals surface area contributed by atoms with Crippen LogP contribution in [-0.2, 0) is 16.1 Å². The molecule has 0 N–H and O–H groups in total. The quantitative estimate of drug-likeness (QED) is 0.394. The molecule has 0 heterocycles. The Morgan fingerprint density at radius 2 is 1.67 bits per heavy atom. The zero-order valence-corrected chi connectivity index (χ0v) is 17.8. The summed E-state index contributed by atoms with van der Waals surface area (Å²) < 4.78 is 2.77. The lowest BCUT2D eigenvalue weighted by molar-refractivity contribution is -0.117. The van der Waals surface area contributed by atoms with Crippen LogP contribution in [0.5, 0.6) is 0 Å². The second-order valence-electron chi connectivity index (χ2n) is 5.39. The molecule has 144 valence electrons. The third kappa shape index (κ3) is 5.90. The van der Waals surface area contributed by atoms with Gasteiger partial charge in [0.1, 0.15) is 0 Å². The standard InChI is InChI=1S/C18H14Cl5NO3/c1-2-27-16(25)11-4-7-14(8-5-11)24(17(26)18(21,22)23)10-12-3-6-13(19)9-15(12)20/h3-9H,2,10H2,1H3. The lowest BCUT2D eigenvalue weighted by Gasteiger charge is -2.26. The zero-order chi connectivity index (χ0) is 20.2. The summed E-state index contributed by atoms with van der Waals surface area (Å²) in [5.41, 5.74) is 1.37. The van der Waals surface area contributed by atoms with Gasteiger partial charge in [0.2, 0.25) is 0 Å². The van der Waals surface area contributed by atoms with E-state index in [2.05, 4.69) is 0 Å². The van der Waals surface area contributed by atoms with E-state index in [1.807, 2.05) is 0 Å². The molecular formula is C18H14Cl5NO3. The third-order valence-electron chi connectivity index (χ3n) is 3.52. The lowest BCUT2D eigenvalue weighted by Crippen LogP contribution is -2.39. The molecule has 4 nitrogen and oxygen atoms in total. The first-order valence-electron chi connectivity index (χ1n) is 7.73. The number of hydrogen-bond acceptors (Lipinski definition) is 3. The van der Waals surface area contributed by atoms with Gasteiger partial charge in [0.15, 0.2) is 0 Å². The average molecular weight is 470 g/mol. The minimum absolute atomic E-state index is 0.0432. The van der Waals surface area contributed by atoms with E-state index in [0.29, 0.717) is 26.9 Å². The summed E-state index contributed by atoms with van der Waals surface area (Å²) >= 11 is 29.5. The van der Waals surface area contributed by atoms with Crippen molar-refractivity contribution in [1.29, 1.82) is 0 Å². The van der Waals surface area contributed by atoms with E-state index in [9.17, 15) is 9.59 Å². The number of amides is 1. The fourth-order valence-electron chi connectivity index (χ4n) is 2.25. The monoisotopic (exact) mass is 467 g/mol. The number of nitrogens with zero attached hydrogens (tertiary/aromatic N) is 1. The topological polar surface area (TPSA) is 46.6 Å². The van der Waals surface area contributed by atoms with Crippen LogP contribution in [0.25, 0.3) is 0 Å². The summed E-state index contributed by atoms with van der Waals surface area (Å²) in [6.45, 7) is 2.01. The van der Waals surface area contributed by atoms with Crippen molar-refractivity contribution in [2.24, 2.45) is 0 Å². The number of ether oxygens (including phenoxy) is 1. The highest BCUT2D eigenvalue weighted by Gasteiger charge is 2.36. The number of benzene rings is 2. The van der Waals surface area contributed by atoms with Gasteiger partial charge in [-0.2, -0.15) is 0 Å². The fraction of sp³-hybridized carbons (Fsp3) is 0.222. The largest absolute Gasteiger partial charge is 0.462 e. The minimum atomic E-state index is -2.17. The van der Waals surface area contributed by atoms with Crippen molar-refractivity contribution in [3.63, 3.8) is 0 Å². The number of rotatable bonds is 5. The second-order valence-corrected chi connectivity index (χ2v) is 8.52. The van der Waals surface area contributed by atoms with E-state index in [1.165, 1.54) is 17.0 Å². The zero-order valence-electron chi connectivity index (χ0n) is 14.0. The van der Waals surface area contributed by atoms with Crippen molar-refractivity contribution in [2.45, 2.75) is 17.3 Å². The van der Waals surface area contributed by atoms with Gasteiger partial charge in [0.05, 0.1) is 18.7 Å². The van der Waals surface area contributed by atoms with E-state index in [0.717, 1.165) is 0 Å². The highest BCUT2D eigenvalue weighted by Crippen LogP contribution is 2.33. The van der Waals surface area contributed by atoms with Crippen molar-refractivity contribution in [2.75, 3.05) is 11.5 Å². The molecular weight excluding hydrogens is 455 g/mol. The van der Waals surface area contributed by atoms with Crippen LogP contribution in [0.3, 0.4) is 0 Å². The molecule has 2 rings (SSSR count). The number of carbonyl (C=O) groups is 2. The van der Waals surface area contributed by atoms with Gasteiger partial charge in [0, 0.05) is 15.7 Å². The lowest BCUT2D eigenvalue weighted by atomic mass is 10.1. The number of hydrogen-bond donors (Lipinski definition) is 0. The van der Waals surface area contributed by atoms with Gasteiger partial charge in [-0.25, -0.2) is 4.79 Å². The molecule has 0 saturated carbocycles. The smallest absolute Gasteiger partial charge is 0.338 e. The van der Waals surface area contributed by atoms with E-state index < -0.39 is 15.7 Å². The molecule has 27 heavy (non-hydrogen) atoms. The Hall–Kier alpha value is -1.17. The van der Waals surface area contributed by atoms with E-state index in [1.54, 1.807) is 37.3 Å². The van der Waals surface area contributed by atoms with Crippen LogP contribution in [0.15, 0.2) is 42.5 Å². The average Bonchev–Trinajstić information content (AvgIpc) is 2.60. The van der Waals surface area contributed by atoms with Gasteiger partial charge in [0.25, 0.3) is 9.70 Å². The Balaban J connectivity index is 2.38. The molecule has 0 aliphatic heterocycles. The third-order valence-corrected chi connectivity index (χ3v) is 4.59. The summed E-state index contributed by atoms with van der Waals surface area (Å²) in [7, 11) is 0. The van der Waals surface area contributed by atoms with Crippen LogP contribution in [0.1, 0.15) is 22.8 Å². The van der Waals surface area contributed by atoms with Crippen LogP contribution in [0.2, 0.25) is 10.0 Å². The molecule has 0 aliphatic rings. The molecule has 0 fully saturated rings. The summed E-state index contributed by atoms with van der Waals surface area (Å²) in [5, 5.41) is 0.828. The van der Waals surface area contributed by atoms with Crippen molar-refractivity contribution >= 4 is 75.6 Å². The Kier molecular flexibility index (Phi) is 7.66. The SMILES string of the molecule is CCOC(=O)c1ccc(N(Cc2ccc(Cl)cc2Cl)C(=O)C(Cl)(Cl)Cl)cc1. The van der Waals surface area contributed by atoms with Crippen molar-refractivity contribution in [1.82, 2.24) is 0 Å². The Morgan fingerprint density at radius 3 is 2.19 bits per heavy atom. The predicted molar refractivity (Wildman–Crippen MR) is 110 cm³/mol. The van der Waals surface area contributed by atoms with Gasteiger partial charge in [-0.15, -0.1) is 0 Å². The predicted octanol–water partition coefficient (Wildman–Crippen LogP) is 6.07. The first-order chi connectivity index (χ1) is 12.6. The Labute approximate surface area is 181 Å². The Bertz CT molecular complexity index is 834. The van der Waals surface area contributed by atoms with Gasteiger partial charge in [-0.05, 0) is 48.9 Å². The first-order valence-corrected chi connectivity index (χ1v) is 9.62. The van der Waals surface area contributed by atoms with Crippen LogP contribution < -0.4 is 4.90 Å². The molecule has 2 aromatic rings. The van der Waals surface area contributed by atoms with Gasteiger partial charge < -0.3 is 9.64 Å². The second kappa shape index (κ2) is 9.35. The van der Waals surface area contributed by atoms with Gasteiger partial charge in [-0.3, -0.25) is 4.79 Å². The van der Waals surface area contributed by atoms with Crippen LogP contribution in [-0.4, -0.2) is 22.3 Å². The number of alkyl halides is 3. The van der Waals surface area contributed by atoms with Gasteiger partial charge >= 0.3 is 5.97 Å². The highest BCUT2D eigenvalue weighted by atomic mass is 35.6. The van der Waals surface area contributed by atoms with Crippen molar-refractivity contribution in [3.8, 4) is 0 Å². The molecule has 0 bridgehead atoms. The number of carbonyl (C=O) groups excluding carboxylic acids is 2. The first kappa shape index (κ1) is 22.1. The number of esters is 1. The minimum Gasteiger partial charge on any atom is -0.462 e. The fourth-order valence-corrected chi connectivity index (χ4v) is 3.02. The van der Waals surface area contributed by atoms with Crippen molar-refractivity contribution < 1.29 is 14.3 Å². The van der Waals surface area contributed by atoms with Gasteiger partial charge in [-0.1, -0.05) is 64.1 Å². The maximum absolute atomic E-state index is 12.6. The molecule has 0 spiro atoms. The molecule has 9 heteroatoms. The van der Waals surface area contributed by atoms with Crippen LogP contribution in [0.4, 0.5) is 5.69 Å². The number of anilines is 1. The van der Waals surface area contributed by atoms with E-state index in [4.69, 9.17) is 62.7 Å². The molecule has 1 amide bonds. The van der Waals surface area contributed by atoms with Crippen LogP contribution in [0, 0.1) is 0 Å². The Morgan fingerprint density at radius 1 is 1.04 bits per heavy atom. The summed E-state index contributed by atoms with van der Waals surface area (Å²) in [6.07, 6.45) is 0. The summed E-state index contributed by atoms with van der Waals surface area (Å²) in [6, 6.07) is 11.0. The normalized spacial score (nSPS) is 11.2. The molecule has 2 aromatic carbocycles. The molecule has 0 radical (unpaired) electrons. The molecule has 0 saturated heterocycles. The highest BCUT2D eigenvalue weighted by molar-refractivity contribution is 6.77. The molecule has 0 aromatic heterocycles. The van der Waals surface area contributed by atoms with Crippen molar-refractivity contribution in [3.05, 3.63) is 63.6 Å². The number of halogens is 5. The van der Waals surface area contributed by atoms with E-state index >= 15 is 0 Å². The van der Waals surface area contributed by atoms with Crippen LogP contribution >= 0.6 is 58.0 Å². The maximum Gasteiger partial charge on any atom is 0.338 e.